The van der Waals surface area contributed by atoms with Gasteiger partial charge < -0.3 is 0 Å². The summed E-state index contributed by atoms with van der Waals surface area (Å²) in [6.07, 6.45) is 0. The molecule has 0 aromatic heterocycles. The Balaban J connectivity index is 3.00. The molecule has 1 nitrogen and oxygen atoms in total. The third-order valence-corrected chi connectivity index (χ3v) is 5.83. The minimum atomic E-state index is -1.82. The molecule has 0 N–H and O–H groups in total. The number of benzene rings is 1. The van der Waals surface area contributed by atoms with Crippen LogP contribution in [0.1, 0.15) is 0 Å². The summed E-state index contributed by atoms with van der Waals surface area (Å²) < 4.78 is 2.34. The van der Waals surface area contributed by atoms with Crippen molar-refractivity contribution in [2.75, 3.05) is 31.7 Å². The molecule has 0 spiro atoms. The molecule has 1 aromatic carbocycles. The Kier molecular flexibility index (Phi) is 2.75. The van der Waals surface area contributed by atoms with Gasteiger partial charge in [-0.2, -0.15) is 0 Å². The van der Waals surface area contributed by atoms with E-state index >= 15 is 0 Å². The van der Waals surface area contributed by atoms with Gasteiger partial charge in [-0.25, -0.2) is 0 Å². The van der Waals surface area contributed by atoms with Crippen molar-refractivity contribution in [3.63, 3.8) is 0 Å². The van der Waals surface area contributed by atoms with Crippen molar-refractivity contribution in [3.05, 3.63) is 30.3 Å². The van der Waals surface area contributed by atoms with Crippen LogP contribution in [0.4, 0.5) is 5.69 Å². The van der Waals surface area contributed by atoms with Crippen LogP contribution in [-0.4, -0.2) is 27.0 Å². The predicted octanol–water partition coefficient (Wildman–Crippen LogP) is 3.79. The molecule has 0 fully saturated rings. The molecule has 13 heavy (non-hydrogen) atoms. The van der Waals surface area contributed by atoms with E-state index in [1.807, 2.05) is 6.07 Å². The van der Waals surface area contributed by atoms with E-state index in [1.165, 1.54) is 5.69 Å². The van der Waals surface area contributed by atoms with Crippen LogP contribution in [0, 0.1) is 0 Å². The van der Waals surface area contributed by atoms with Crippen LogP contribution in [0.3, 0.4) is 0 Å². The van der Waals surface area contributed by atoms with Crippen molar-refractivity contribution in [3.8, 4) is 0 Å². The number of nitrogens with zero attached hydrogens (tertiary/aromatic N) is 1. The summed E-state index contributed by atoms with van der Waals surface area (Å²) in [6, 6.07) is 10.5. The van der Waals surface area contributed by atoms with Crippen molar-refractivity contribution in [1.82, 2.24) is 0 Å². The van der Waals surface area contributed by atoms with E-state index in [9.17, 15) is 0 Å². The number of rotatable bonds is 2. The third-order valence-electron chi connectivity index (χ3n) is 2.14. The Morgan fingerprint density at radius 1 is 1.08 bits per heavy atom. The van der Waals surface area contributed by atoms with Gasteiger partial charge >= 0.3 is 88.7 Å². The molecule has 0 aliphatic carbocycles. The quantitative estimate of drug-likeness (QED) is 0.733. The zero-order valence-corrected chi connectivity index (χ0v) is 11.1. The van der Waals surface area contributed by atoms with E-state index in [1.54, 1.807) is 0 Å². The SMILES string of the molecule is CN(c1ccccc1)P(C)(C)(C)Br. The van der Waals surface area contributed by atoms with Gasteiger partial charge in [0, 0.05) is 0 Å². The summed E-state index contributed by atoms with van der Waals surface area (Å²) in [5.41, 5.74) is -0.549. The average Bonchev–Trinajstić information content (AvgIpc) is 2.02. The van der Waals surface area contributed by atoms with Gasteiger partial charge in [0.25, 0.3) is 0 Å². The zero-order valence-electron chi connectivity index (χ0n) is 8.66. The molecule has 3 heteroatoms. The van der Waals surface area contributed by atoms with Crippen LogP contribution >= 0.6 is 20.9 Å². The first kappa shape index (κ1) is 11.0. The number of hydrogen-bond acceptors (Lipinski definition) is 1. The summed E-state index contributed by atoms with van der Waals surface area (Å²) in [6.45, 7) is 6.83. The minimum absolute atomic E-state index is 1.27. The first-order valence-corrected chi connectivity index (χ1v) is 9.84. The van der Waals surface area contributed by atoms with E-state index in [0.717, 1.165) is 0 Å². The second kappa shape index (κ2) is 3.25. The number of para-hydroxylation sites is 1. The summed E-state index contributed by atoms with van der Waals surface area (Å²) >= 11 is 3.84. The van der Waals surface area contributed by atoms with Crippen LogP contribution in [0.15, 0.2) is 30.3 Å². The Labute approximate surface area is 88.9 Å². The molecule has 0 saturated carbocycles. The molecule has 0 aliphatic rings. The molecule has 0 bridgehead atoms. The van der Waals surface area contributed by atoms with Crippen molar-refractivity contribution >= 4 is 26.6 Å². The molecule has 0 amide bonds. The van der Waals surface area contributed by atoms with Gasteiger partial charge in [0.05, 0.1) is 0 Å². The normalized spacial score (nSPS) is 14.7. The second-order valence-electron chi connectivity index (χ2n) is 4.38. The molecule has 74 valence electrons. The van der Waals surface area contributed by atoms with Gasteiger partial charge in [-0.05, 0) is 0 Å². The fraction of sp³-hybridized carbons (Fsp3) is 0.400. The predicted molar refractivity (Wildman–Crippen MR) is 68.5 cm³/mol. The van der Waals surface area contributed by atoms with Crippen LogP contribution in [-0.2, 0) is 0 Å². The Bertz CT molecular complexity index is 280. The van der Waals surface area contributed by atoms with Gasteiger partial charge in [-0.15, -0.1) is 0 Å². The fourth-order valence-corrected chi connectivity index (χ4v) is 2.50. The summed E-state index contributed by atoms with van der Waals surface area (Å²) in [7, 11) is 2.14. The summed E-state index contributed by atoms with van der Waals surface area (Å²) in [4.78, 5) is 0. The van der Waals surface area contributed by atoms with E-state index in [-0.39, 0.29) is 0 Å². The molecular weight excluding hydrogens is 245 g/mol. The van der Waals surface area contributed by atoms with E-state index in [4.69, 9.17) is 0 Å². The monoisotopic (exact) mass is 261 g/mol. The molecular formula is C10H17BrNP. The average molecular weight is 262 g/mol. The maximum atomic E-state index is 3.84. The molecule has 0 radical (unpaired) electrons. The van der Waals surface area contributed by atoms with Crippen LogP contribution in [0.2, 0.25) is 0 Å². The topological polar surface area (TPSA) is 3.24 Å². The number of halogens is 1. The van der Waals surface area contributed by atoms with Gasteiger partial charge in [0.15, 0.2) is 0 Å². The van der Waals surface area contributed by atoms with E-state index in [2.05, 4.69) is 71.5 Å². The zero-order chi connectivity index (χ0) is 10.1. The maximum absolute atomic E-state index is 3.84. The molecule has 0 atom stereocenters. The molecule has 0 heterocycles. The standard InChI is InChI=1S/C10H17BrNP/c1-12(13(2,3,4)11)10-8-6-5-7-9-10/h5-9H,1-4H3. The molecule has 1 rings (SSSR count). The fourth-order valence-electron chi connectivity index (χ4n) is 1.03. The van der Waals surface area contributed by atoms with Crippen LogP contribution < -0.4 is 4.67 Å². The van der Waals surface area contributed by atoms with Gasteiger partial charge in [-0.3, -0.25) is 0 Å². The first-order valence-electron chi connectivity index (χ1n) is 4.29. The molecule has 0 unspecified atom stereocenters. The summed E-state index contributed by atoms with van der Waals surface area (Å²) in [5, 5.41) is 0. The van der Waals surface area contributed by atoms with E-state index < -0.39 is 5.46 Å². The van der Waals surface area contributed by atoms with Crippen molar-refractivity contribution in [2.24, 2.45) is 0 Å². The Hall–Kier alpha value is -0.0700. The van der Waals surface area contributed by atoms with Crippen molar-refractivity contribution in [2.45, 2.75) is 0 Å². The molecule has 0 aliphatic heterocycles. The van der Waals surface area contributed by atoms with Crippen LogP contribution in [0.5, 0.6) is 0 Å². The first-order chi connectivity index (χ1) is 5.77. The van der Waals surface area contributed by atoms with Crippen LogP contribution in [0.25, 0.3) is 0 Å². The van der Waals surface area contributed by atoms with Crippen molar-refractivity contribution < 1.29 is 0 Å². The Morgan fingerprint density at radius 2 is 1.54 bits per heavy atom. The third kappa shape index (κ3) is 2.96. The number of anilines is 1. The van der Waals surface area contributed by atoms with E-state index in [0.29, 0.717) is 0 Å². The van der Waals surface area contributed by atoms with Gasteiger partial charge in [0.1, 0.15) is 0 Å². The Morgan fingerprint density at radius 3 is 1.92 bits per heavy atom. The summed E-state index contributed by atoms with van der Waals surface area (Å²) in [5.74, 6) is 0. The molecule has 1 aromatic rings. The second-order valence-corrected chi connectivity index (χ2v) is 17.4. The van der Waals surface area contributed by atoms with Gasteiger partial charge in [-0.1, -0.05) is 0 Å². The molecule has 0 saturated heterocycles. The van der Waals surface area contributed by atoms with Crippen molar-refractivity contribution in [1.29, 1.82) is 0 Å². The van der Waals surface area contributed by atoms with Gasteiger partial charge in [0.2, 0.25) is 0 Å². The number of hydrogen-bond donors (Lipinski definition) is 0.